The van der Waals surface area contributed by atoms with Crippen molar-refractivity contribution >= 4 is 30.9 Å². The summed E-state index contributed by atoms with van der Waals surface area (Å²) in [5.74, 6) is 0.410. The first kappa shape index (κ1) is 18.8. The highest BCUT2D eigenvalue weighted by Gasteiger charge is 2.41. The monoisotopic (exact) mass is 377 g/mol. The van der Waals surface area contributed by atoms with Crippen LogP contribution in [0.15, 0.2) is 12.3 Å². The fourth-order valence-electron chi connectivity index (χ4n) is 3.03. The average molecular weight is 378 g/mol. The fraction of sp³-hybridized carbons (Fsp3) is 0.647. The molecule has 0 radical (unpaired) electrons. The van der Waals surface area contributed by atoms with Gasteiger partial charge in [-0.3, -0.25) is 14.8 Å². The molecule has 0 spiro atoms. The van der Waals surface area contributed by atoms with E-state index >= 15 is 0 Å². The molecule has 1 aliphatic heterocycles. The molecule has 3 heterocycles. The molecule has 9 heteroatoms. The first-order valence-corrected chi connectivity index (χ1v) is 11.8. The maximum absolute atomic E-state index is 11.6. The number of rotatable bonds is 4. The number of fused-ring (bicyclic) bond motifs is 1. The summed E-state index contributed by atoms with van der Waals surface area (Å²) in [5, 5.41) is 16.5. The summed E-state index contributed by atoms with van der Waals surface area (Å²) in [6.45, 7) is 12.5. The Morgan fingerprint density at radius 2 is 2.08 bits per heavy atom. The van der Waals surface area contributed by atoms with Crippen molar-refractivity contribution in [2.75, 3.05) is 18.0 Å². The lowest BCUT2D eigenvalue weighted by Crippen LogP contribution is -2.44. The Bertz CT molecular complexity index is 843. The summed E-state index contributed by atoms with van der Waals surface area (Å²) in [4.78, 5) is 17.7. The van der Waals surface area contributed by atoms with Crippen LogP contribution in [0.1, 0.15) is 27.2 Å². The zero-order valence-corrected chi connectivity index (χ0v) is 17.3. The van der Waals surface area contributed by atoms with Gasteiger partial charge in [-0.05, 0) is 24.6 Å². The maximum atomic E-state index is 11.6. The molecule has 0 saturated carbocycles. The van der Waals surface area contributed by atoms with Crippen LogP contribution in [0.5, 0.6) is 0 Å². The third kappa shape index (κ3) is 3.33. The summed E-state index contributed by atoms with van der Waals surface area (Å²) < 4.78 is 8.13. The van der Waals surface area contributed by atoms with E-state index in [2.05, 4.69) is 43.9 Å². The minimum Gasteiger partial charge on any atom is -0.412 e. The smallest absolute Gasteiger partial charge is 0.312 e. The van der Waals surface area contributed by atoms with Gasteiger partial charge < -0.3 is 9.33 Å². The van der Waals surface area contributed by atoms with Crippen LogP contribution >= 0.6 is 0 Å². The summed E-state index contributed by atoms with van der Waals surface area (Å²) >= 11 is 0. The van der Waals surface area contributed by atoms with Crippen molar-refractivity contribution in [3.05, 3.63) is 22.4 Å². The van der Waals surface area contributed by atoms with Crippen molar-refractivity contribution in [2.45, 2.75) is 51.4 Å². The lowest BCUT2D eigenvalue weighted by atomic mass is 10.2. The van der Waals surface area contributed by atoms with E-state index in [4.69, 9.17) is 4.43 Å². The minimum absolute atomic E-state index is 0.0264. The second-order valence-corrected chi connectivity index (χ2v) is 13.3. The Morgan fingerprint density at radius 3 is 2.69 bits per heavy atom. The highest BCUT2D eigenvalue weighted by molar-refractivity contribution is 6.74. The summed E-state index contributed by atoms with van der Waals surface area (Å²) in [6, 6.07) is 1.56. The van der Waals surface area contributed by atoms with E-state index in [-0.39, 0.29) is 21.8 Å². The van der Waals surface area contributed by atoms with Gasteiger partial charge in [0, 0.05) is 31.6 Å². The third-order valence-corrected chi connectivity index (χ3v) is 10.1. The highest BCUT2D eigenvalue weighted by atomic mass is 28.4. The average Bonchev–Trinajstić information content (AvgIpc) is 3.11. The van der Waals surface area contributed by atoms with E-state index in [0.717, 1.165) is 6.42 Å². The predicted molar refractivity (Wildman–Crippen MR) is 104 cm³/mol. The molecule has 1 saturated heterocycles. The summed E-state index contributed by atoms with van der Waals surface area (Å²) in [6.07, 6.45) is 2.54. The molecule has 2 aromatic rings. The zero-order valence-electron chi connectivity index (χ0n) is 16.3. The van der Waals surface area contributed by atoms with Crippen LogP contribution < -0.4 is 4.90 Å². The second-order valence-electron chi connectivity index (χ2n) is 8.50. The van der Waals surface area contributed by atoms with E-state index in [9.17, 15) is 10.1 Å². The van der Waals surface area contributed by atoms with Gasteiger partial charge in [0.1, 0.15) is 0 Å². The molecule has 0 N–H and O–H groups in total. The number of hydrogen-bond donors (Lipinski definition) is 0. The molecule has 1 atom stereocenters. The van der Waals surface area contributed by atoms with Gasteiger partial charge in [-0.25, -0.2) is 4.98 Å². The Balaban J connectivity index is 1.87. The lowest BCUT2D eigenvalue weighted by Gasteiger charge is -2.38. The Labute approximate surface area is 154 Å². The molecular weight excluding hydrogens is 350 g/mol. The van der Waals surface area contributed by atoms with Crippen molar-refractivity contribution in [2.24, 2.45) is 7.05 Å². The molecule has 3 rings (SSSR count). The van der Waals surface area contributed by atoms with Crippen molar-refractivity contribution in [3.8, 4) is 0 Å². The van der Waals surface area contributed by atoms with E-state index in [0.29, 0.717) is 29.9 Å². The van der Waals surface area contributed by atoms with E-state index < -0.39 is 8.32 Å². The molecule has 0 amide bonds. The normalized spacial score (nSPS) is 18.7. The molecule has 1 fully saturated rings. The second kappa shape index (κ2) is 6.31. The van der Waals surface area contributed by atoms with Gasteiger partial charge in [0.2, 0.25) is 5.82 Å². The number of hydrogen-bond acceptors (Lipinski definition) is 6. The molecule has 0 bridgehead atoms. The number of nitrogens with zero attached hydrogens (tertiary/aromatic N) is 5. The van der Waals surface area contributed by atoms with Gasteiger partial charge in [-0.2, -0.15) is 5.10 Å². The van der Waals surface area contributed by atoms with Crippen LogP contribution in [0, 0.1) is 10.1 Å². The Morgan fingerprint density at radius 1 is 1.38 bits per heavy atom. The SMILES string of the molecule is Cn1ncc2cc([N+](=O)[O-])c(N3CCC(O[Si](C)(C)C(C)(C)C)C3)nc21. The molecule has 142 valence electrons. The molecule has 1 unspecified atom stereocenters. The van der Waals surface area contributed by atoms with Crippen LogP contribution in [0.25, 0.3) is 11.0 Å². The highest BCUT2D eigenvalue weighted by Crippen LogP contribution is 2.39. The van der Waals surface area contributed by atoms with Crippen molar-refractivity contribution in [3.63, 3.8) is 0 Å². The predicted octanol–water partition coefficient (Wildman–Crippen LogP) is 3.48. The molecule has 0 aliphatic carbocycles. The first-order chi connectivity index (χ1) is 12.0. The zero-order chi connectivity index (χ0) is 19.3. The fourth-order valence-corrected chi connectivity index (χ4v) is 4.41. The topological polar surface area (TPSA) is 86.3 Å². The standard InChI is InChI=1S/C17H27N5O3Si/c1-17(2,3)26(5,6)25-13-7-8-21(11-13)16-14(22(23)24)9-12-10-18-20(4)15(12)19-16/h9-10,13H,7-8,11H2,1-6H3. The van der Waals surface area contributed by atoms with Crippen LogP contribution in [0.3, 0.4) is 0 Å². The third-order valence-electron chi connectivity index (χ3n) is 5.58. The van der Waals surface area contributed by atoms with Gasteiger partial charge in [0.15, 0.2) is 14.0 Å². The van der Waals surface area contributed by atoms with Crippen molar-refractivity contribution in [1.82, 2.24) is 14.8 Å². The molecule has 1 aliphatic rings. The van der Waals surface area contributed by atoms with E-state index in [1.165, 1.54) is 0 Å². The van der Waals surface area contributed by atoms with Gasteiger partial charge >= 0.3 is 5.69 Å². The van der Waals surface area contributed by atoms with Gasteiger partial charge in [0.25, 0.3) is 0 Å². The van der Waals surface area contributed by atoms with Crippen LogP contribution in [0.4, 0.5) is 11.5 Å². The van der Waals surface area contributed by atoms with E-state index in [1.54, 1.807) is 24.0 Å². The number of pyridine rings is 1. The van der Waals surface area contributed by atoms with Gasteiger partial charge in [-0.1, -0.05) is 20.8 Å². The minimum atomic E-state index is -1.87. The molecule has 0 aromatic carbocycles. The molecular formula is C17H27N5O3Si. The Hall–Kier alpha value is -2.00. The van der Waals surface area contributed by atoms with Gasteiger partial charge in [0.05, 0.1) is 17.2 Å². The van der Waals surface area contributed by atoms with Crippen LogP contribution in [-0.2, 0) is 11.5 Å². The quantitative estimate of drug-likeness (QED) is 0.461. The first-order valence-electron chi connectivity index (χ1n) is 8.89. The van der Waals surface area contributed by atoms with E-state index in [1.807, 2.05) is 4.90 Å². The molecule has 26 heavy (non-hydrogen) atoms. The number of aromatic nitrogens is 3. The number of anilines is 1. The number of nitro groups is 1. The molecule has 2 aromatic heterocycles. The Kier molecular flexibility index (Phi) is 4.56. The van der Waals surface area contributed by atoms with Crippen molar-refractivity contribution < 1.29 is 9.35 Å². The van der Waals surface area contributed by atoms with Gasteiger partial charge in [-0.15, -0.1) is 0 Å². The summed E-state index contributed by atoms with van der Waals surface area (Å²) in [5.41, 5.74) is 0.679. The molecule has 8 nitrogen and oxygen atoms in total. The largest absolute Gasteiger partial charge is 0.412 e. The van der Waals surface area contributed by atoms with Crippen LogP contribution in [-0.4, -0.2) is 47.2 Å². The lowest BCUT2D eigenvalue weighted by molar-refractivity contribution is -0.384. The number of aryl methyl sites for hydroxylation is 1. The van der Waals surface area contributed by atoms with Crippen LogP contribution in [0.2, 0.25) is 18.1 Å². The van der Waals surface area contributed by atoms with Crippen molar-refractivity contribution in [1.29, 1.82) is 0 Å². The summed E-state index contributed by atoms with van der Waals surface area (Å²) in [7, 11) is -0.0828. The maximum Gasteiger partial charge on any atom is 0.312 e.